The topological polar surface area (TPSA) is 60.9 Å². The molecule has 2 fully saturated rings. The monoisotopic (exact) mass is 268 g/mol. The third kappa shape index (κ3) is 3.39. The summed E-state index contributed by atoms with van der Waals surface area (Å²) in [7, 11) is 0. The van der Waals surface area contributed by atoms with E-state index < -0.39 is 5.97 Å². The maximum Gasteiger partial charge on any atom is 0.323 e. The fraction of sp³-hybridized carbons (Fsp3) is 0.857. The van der Waals surface area contributed by atoms with Gasteiger partial charge in [-0.2, -0.15) is 0 Å². The summed E-state index contributed by atoms with van der Waals surface area (Å²) >= 11 is 0. The molecule has 1 N–H and O–H groups in total. The van der Waals surface area contributed by atoms with Gasteiger partial charge in [0, 0.05) is 19.1 Å². The van der Waals surface area contributed by atoms with Gasteiger partial charge in [0.1, 0.15) is 6.54 Å². The molecule has 19 heavy (non-hydrogen) atoms. The van der Waals surface area contributed by atoms with Gasteiger partial charge < -0.3 is 14.9 Å². The lowest BCUT2D eigenvalue weighted by molar-refractivity contribution is -0.137. The number of hydrogen-bond donors (Lipinski definition) is 1. The van der Waals surface area contributed by atoms with Crippen molar-refractivity contribution in [1.29, 1.82) is 0 Å². The molecule has 1 saturated carbocycles. The number of carboxylic acid groups (broad SMARTS) is 1. The van der Waals surface area contributed by atoms with Crippen LogP contribution in [0.3, 0.4) is 0 Å². The lowest BCUT2D eigenvalue weighted by Gasteiger charge is -2.40. The molecular weight excluding hydrogens is 244 g/mol. The van der Waals surface area contributed by atoms with Crippen LogP contribution in [0.1, 0.15) is 46.0 Å². The second kappa shape index (κ2) is 5.39. The van der Waals surface area contributed by atoms with Crippen LogP contribution in [0.5, 0.6) is 0 Å². The van der Waals surface area contributed by atoms with Crippen molar-refractivity contribution in [1.82, 2.24) is 9.80 Å². The fourth-order valence-corrected chi connectivity index (χ4v) is 2.66. The molecule has 1 heterocycles. The third-order valence-electron chi connectivity index (χ3n) is 4.63. The van der Waals surface area contributed by atoms with E-state index in [1.807, 2.05) is 4.90 Å². The van der Waals surface area contributed by atoms with Gasteiger partial charge >= 0.3 is 12.0 Å². The van der Waals surface area contributed by atoms with Crippen molar-refractivity contribution < 1.29 is 14.7 Å². The van der Waals surface area contributed by atoms with Gasteiger partial charge in [-0.05, 0) is 31.1 Å². The number of rotatable bonds is 4. The molecule has 0 aromatic carbocycles. The molecule has 1 aliphatic carbocycles. The summed E-state index contributed by atoms with van der Waals surface area (Å²) in [5, 5.41) is 8.92. The van der Waals surface area contributed by atoms with Crippen molar-refractivity contribution in [2.75, 3.05) is 19.6 Å². The molecule has 1 aliphatic heterocycles. The van der Waals surface area contributed by atoms with E-state index in [1.54, 1.807) is 0 Å². The predicted octanol–water partition coefficient (Wildman–Crippen LogP) is 2.17. The first-order valence-corrected chi connectivity index (χ1v) is 7.22. The Labute approximate surface area is 114 Å². The normalized spacial score (nSPS) is 22.1. The van der Waals surface area contributed by atoms with Gasteiger partial charge in [-0.1, -0.05) is 20.3 Å². The zero-order chi connectivity index (χ0) is 14.0. The highest BCUT2D eigenvalue weighted by Gasteiger charge is 2.38. The molecule has 1 saturated heterocycles. The molecule has 0 bridgehead atoms. The van der Waals surface area contributed by atoms with E-state index in [1.165, 1.54) is 4.90 Å². The van der Waals surface area contributed by atoms with Crippen molar-refractivity contribution >= 4 is 12.0 Å². The van der Waals surface area contributed by atoms with Crippen LogP contribution in [0.4, 0.5) is 4.79 Å². The number of nitrogens with zero attached hydrogens (tertiary/aromatic N) is 2. The van der Waals surface area contributed by atoms with E-state index in [9.17, 15) is 9.59 Å². The minimum atomic E-state index is -0.921. The molecule has 0 aromatic rings. The van der Waals surface area contributed by atoms with E-state index in [2.05, 4.69) is 13.8 Å². The van der Waals surface area contributed by atoms with Crippen molar-refractivity contribution in [2.45, 2.75) is 52.0 Å². The Bertz CT molecular complexity index is 358. The third-order valence-corrected chi connectivity index (χ3v) is 4.63. The number of carbonyl (C=O) groups excluding carboxylic acids is 1. The molecule has 0 spiro atoms. The molecule has 2 aliphatic rings. The van der Waals surface area contributed by atoms with Crippen LogP contribution in [0.15, 0.2) is 0 Å². The highest BCUT2D eigenvalue weighted by atomic mass is 16.4. The van der Waals surface area contributed by atoms with Crippen molar-refractivity contribution in [3.05, 3.63) is 0 Å². The van der Waals surface area contributed by atoms with Crippen LogP contribution in [0.2, 0.25) is 0 Å². The number of amides is 2. The summed E-state index contributed by atoms with van der Waals surface area (Å²) in [5.41, 5.74) is 0.341. The first-order chi connectivity index (χ1) is 8.95. The maximum absolute atomic E-state index is 12.4. The van der Waals surface area contributed by atoms with Crippen LogP contribution in [0, 0.1) is 5.41 Å². The lowest BCUT2D eigenvalue weighted by atomic mass is 9.78. The van der Waals surface area contributed by atoms with Gasteiger partial charge in [0.2, 0.25) is 0 Å². The predicted molar refractivity (Wildman–Crippen MR) is 72.0 cm³/mol. The fourth-order valence-electron chi connectivity index (χ4n) is 2.66. The Hall–Kier alpha value is -1.26. The molecule has 5 heteroatoms. The molecule has 0 atom stereocenters. The Morgan fingerprint density at radius 3 is 2.32 bits per heavy atom. The largest absolute Gasteiger partial charge is 0.480 e. The number of carbonyl (C=O) groups is 2. The highest BCUT2D eigenvalue weighted by Crippen LogP contribution is 2.35. The second-order valence-electron chi connectivity index (χ2n) is 6.19. The van der Waals surface area contributed by atoms with E-state index >= 15 is 0 Å². The Morgan fingerprint density at radius 2 is 1.89 bits per heavy atom. The van der Waals surface area contributed by atoms with Crippen molar-refractivity contribution in [2.24, 2.45) is 5.41 Å². The summed E-state index contributed by atoms with van der Waals surface area (Å²) in [5.74, 6) is -0.921. The Morgan fingerprint density at radius 1 is 1.32 bits per heavy atom. The average Bonchev–Trinajstić information content (AvgIpc) is 3.20. The molecule has 0 unspecified atom stereocenters. The minimum Gasteiger partial charge on any atom is -0.480 e. The molecular formula is C14H24N2O3. The van der Waals surface area contributed by atoms with Crippen LogP contribution >= 0.6 is 0 Å². The molecule has 2 rings (SSSR count). The van der Waals surface area contributed by atoms with Crippen molar-refractivity contribution in [3.63, 3.8) is 0 Å². The van der Waals surface area contributed by atoms with Crippen molar-refractivity contribution in [3.8, 4) is 0 Å². The number of urea groups is 1. The zero-order valence-corrected chi connectivity index (χ0v) is 11.9. The summed E-state index contributed by atoms with van der Waals surface area (Å²) in [6, 6.07) is 0.0751. The second-order valence-corrected chi connectivity index (χ2v) is 6.19. The van der Waals surface area contributed by atoms with E-state index in [4.69, 9.17) is 5.11 Å². The highest BCUT2D eigenvalue weighted by molar-refractivity contribution is 5.80. The average molecular weight is 268 g/mol. The molecule has 2 amide bonds. The Kier molecular flexibility index (Phi) is 4.02. The van der Waals surface area contributed by atoms with E-state index in [0.29, 0.717) is 5.41 Å². The van der Waals surface area contributed by atoms with Crippen LogP contribution in [0.25, 0.3) is 0 Å². The van der Waals surface area contributed by atoms with Gasteiger partial charge in [0.25, 0.3) is 0 Å². The van der Waals surface area contributed by atoms with Crippen LogP contribution < -0.4 is 0 Å². The van der Waals surface area contributed by atoms with E-state index in [0.717, 1.165) is 45.2 Å². The number of hydrogen-bond acceptors (Lipinski definition) is 2. The summed E-state index contributed by atoms with van der Waals surface area (Å²) < 4.78 is 0. The molecule has 108 valence electrons. The number of piperidine rings is 1. The van der Waals surface area contributed by atoms with Gasteiger partial charge in [0.15, 0.2) is 0 Å². The van der Waals surface area contributed by atoms with Crippen LogP contribution in [-0.2, 0) is 4.79 Å². The quantitative estimate of drug-likeness (QED) is 0.850. The molecule has 0 radical (unpaired) electrons. The molecule has 0 aromatic heterocycles. The van der Waals surface area contributed by atoms with Crippen LogP contribution in [-0.4, -0.2) is 52.6 Å². The SMILES string of the molecule is CCC1(C)CCN(C(=O)N(CC(=O)O)C2CC2)CC1. The van der Waals surface area contributed by atoms with Gasteiger partial charge in [0.05, 0.1) is 0 Å². The van der Waals surface area contributed by atoms with E-state index in [-0.39, 0.29) is 18.6 Å². The molecule has 5 nitrogen and oxygen atoms in total. The number of likely N-dealkylation sites (tertiary alicyclic amines) is 1. The maximum atomic E-state index is 12.4. The number of carboxylic acids is 1. The standard InChI is InChI=1S/C14H24N2O3/c1-3-14(2)6-8-15(9-7-14)13(19)16(10-12(17)18)11-4-5-11/h11H,3-10H2,1-2H3,(H,17,18). The summed E-state index contributed by atoms with van der Waals surface area (Å²) in [6.07, 6.45) is 5.05. The minimum absolute atomic E-state index is 0.0805. The first-order valence-electron chi connectivity index (χ1n) is 7.22. The van der Waals surface area contributed by atoms with Gasteiger partial charge in [-0.25, -0.2) is 4.79 Å². The zero-order valence-electron chi connectivity index (χ0n) is 11.9. The first kappa shape index (κ1) is 14.2. The summed E-state index contributed by atoms with van der Waals surface area (Å²) in [6.45, 7) is 5.81. The Balaban J connectivity index is 1.93. The van der Waals surface area contributed by atoms with Gasteiger partial charge in [-0.3, -0.25) is 4.79 Å². The van der Waals surface area contributed by atoms with Gasteiger partial charge in [-0.15, -0.1) is 0 Å². The number of aliphatic carboxylic acids is 1. The summed E-state index contributed by atoms with van der Waals surface area (Å²) in [4.78, 5) is 26.6. The smallest absolute Gasteiger partial charge is 0.323 e. The lowest BCUT2D eigenvalue weighted by Crippen LogP contribution is -2.50.